The van der Waals surface area contributed by atoms with Gasteiger partial charge in [0.1, 0.15) is 11.4 Å². The van der Waals surface area contributed by atoms with Gasteiger partial charge in [0.15, 0.2) is 0 Å². The molecule has 0 fully saturated rings. The van der Waals surface area contributed by atoms with Crippen LogP contribution in [0.25, 0.3) is 0 Å². The fourth-order valence-corrected chi connectivity index (χ4v) is 2.79. The second-order valence-electron chi connectivity index (χ2n) is 4.58. The molecule has 1 aromatic heterocycles. The summed E-state index contributed by atoms with van der Waals surface area (Å²) in [6.07, 6.45) is 1.80. The van der Waals surface area contributed by atoms with Gasteiger partial charge in [0.25, 0.3) is 0 Å². The van der Waals surface area contributed by atoms with Crippen molar-refractivity contribution < 1.29 is 4.74 Å². The molecule has 20 heavy (non-hydrogen) atoms. The summed E-state index contributed by atoms with van der Waals surface area (Å²) in [6.45, 7) is 5.07. The van der Waals surface area contributed by atoms with E-state index in [4.69, 9.17) is 4.74 Å². The van der Waals surface area contributed by atoms with Crippen LogP contribution in [0.15, 0.2) is 41.0 Å². The van der Waals surface area contributed by atoms with Crippen molar-refractivity contribution in [3.05, 3.63) is 57.8 Å². The zero-order valence-corrected chi connectivity index (χ0v) is 13.6. The van der Waals surface area contributed by atoms with Crippen molar-refractivity contribution in [1.82, 2.24) is 10.3 Å². The fraction of sp³-hybridized carbons (Fsp3) is 0.312. The molecule has 2 aromatic rings. The molecule has 0 bridgehead atoms. The number of pyridine rings is 1. The molecule has 0 aliphatic carbocycles. The van der Waals surface area contributed by atoms with Crippen molar-refractivity contribution in [3.8, 4) is 5.75 Å². The summed E-state index contributed by atoms with van der Waals surface area (Å²) in [6, 6.07) is 10.2. The van der Waals surface area contributed by atoms with Gasteiger partial charge in [-0.1, -0.05) is 28.9 Å². The van der Waals surface area contributed by atoms with E-state index in [1.165, 1.54) is 11.1 Å². The Labute approximate surface area is 128 Å². The summed E-state index contributed by atoms with van der Waals surface area (Å²) in [5.74, 6) is 0.806. The summed E-state index contributed by atoms with van der Waals surface area (Å²) in [7, 11) is 1.68. The third kappa shape index (κ3) is 3.19. The van der Waals surface area contributed by atoms with Gasteiger partial charge < -0.3 is 10.1 Å². The number of methoxy groups -OCH3 is 1. The average molecular weight is 335 g/mol. The maximum absolute atomic E-state index is 5.45. The molecule has 4 heteroatoms. The van der Waals surface area contributed by atoms with E-state index in [9.17, 15) is 0 Å². The van der Waals surface area contributed by atoms with Crippen LogP contribution in [-0.2, 0) is 0 Å². The van der Waals surface area contributed by atoms with Gasteiger partial charge in [-0.25, -0.2) is 0 Å². The number of nitrogens with one attached hydrogen (secondary N) is 1. The standard InChI is InChI=1S/C16H19BrN2O/c1-4-18-15(13-8-7-12(17)10-11(13)2)16-14(20-3)6-5-9-19-16/h5-10,15,18H,4H2,1-3H3. The van der Waals surface area contributed by atoms with E-state index in [1.807, 2.05) is 12.1 Å². The number of aryl methyl sites for hydroxylation is 1. The first-order chi connectivity index (χ1) is 9.67. The molecule has 0 spiro atoms. The quantitative estimate of drug-likeness (QED) is 0.901. The number of ether oxygens (including phenoxy) is 1. The highest BCUT2D eigenvalue weighted by molar-refractivity contribution is 9.10. The Balaban J connectivity index is 2.50. The van der Waals surface area contributed by atoms with E-state index >= 15 is 0 Å². The molecule has 1 unspecified atom stereocenters. The van der Waals surface area contributed by atoms with Crippen LogP contribution in [0.2, 0.25) is 0 Å². The van der Waals surface area contributed by atoms with Crippen molar-refractivity contribution >= 4 is 15.9 Å². The van der Waals surface area contributed by atoms with Gasteiger partial charge in [-0.05, 0) is 48.9 Å². The largest absolute Gasteiger partial charge is 0.495 e. The van der Waals surface area contributed by atoms with Crippen molar-refractivity contribution in [2.45, 2.75) is 19.9 Å². The monoisotopic (exact) mass is 334 g/mol. The lowest BCUT2D eigenvalue weighted by molar-refractivity contribution is 0.400. The number of hydrogen-bond donors (Lipinski definition) is 1. The third-order valence-corrected chi connectivity index (χ3v) is 3.74. The third-order valence-electron chi connectivity index (χ3n) is 3.24. The second-order valence-corrected chi connectivity index (χ2v) is 5.50. The highest BCUT2D eigenvalue weighted by Gasteiger charge is 2.20. The zero-order valence-electron chi connectivity index (χ0n) is 12.0. The SMILES string of the molecule is CCNC(c1ccc(Br)cc1C)c1ncccc1OC. The van der Waals surface area contributed by atoms with Crippen molar-refractivity contribution in [2.24, 2.45) is 0 Å². The molecule has 1 aromatic carbocycles. The summed E-state index contributed by atoms with van der Waals surface area (Å²) in [4.78, 5) is 4.51. The van der Waals surface area contributed by atoms with Crippen LogP contribution in [-0.4, -0.2) is 18.6 Å². The predicted molar refractivity (Wildman–Crippen MR) is 85.2 cm³/mol. The molecule has 0 amide bonds. The Kier molecular flexibility index (Phi) is 5.15. The lowest BCUT2D eigenvalue weighted by atomic mass is 9.97. The first-order valence-corrected chi connectivity index (χ1v) is 7.45. The highest BCUT2D eigenvalue weighted by atomic mass is 79.9. The van der Waals surface area contributed by atoms with Crippen LogP contribution in [0.1, 0.15) is 29.8 Å². The summed E-state index contributed by atoms with van der Waals surface area (Å²) in [5, 5.41) is 3.49. The highest BCUT2D eigenvalue weighted by Crippen LogP contribution is 2.30. The molecule has 1 N–H and O–H groups in total. The van der Waals surface area contributed by atoms with Gasteiger partial charge in [-0.3, -0.25) is 4.98 Å². The molecule has 3 nitrogen and oxygen atoms in total. The molecule has 0 saturated heterocycles. The summed E-state index contributed by atoms with van der Waals surface area (Å²) < 4.78 is 6.53. The molecule has 1 atom stereocenters. The number of halogens is 1. The number of nitrogens with zero attached hydrogens (tertiary/aromatic N) is 1. The molecule has 0 saturated carbocycles. The van der Waals surface area contributed by atoms with Gasteiger partial charge in [-0.2, -0.15) is 0 Å². The van der Waals surface area contributed by atoms with Crippen molar-refractivity contribution in [1.29, 1.82) is 0 Å². The fourth-order valence-electron chi connectivity index (χ4n) is 2.31. The Morgan fingerprint density at radius 2 is 2.15 bits per heavy atom. The van der Waals surface area contributed by atoms with Crippen LogP contribution in [0.5, 0.6) is 5.75 Å². The minimum Gasteiger partial charge on any atom is -0.495 e. The zero-order chi connectivity index (χ0) is 14.5. The van der Waals surface area contributed by atoms with E-state index in [0.29, 0.717) is 0 Å². The van der Waals surface area contributed by atoms with Crippen LogP contribution in [0.3, 0.4) is 0 Å². The molecule has 2 rings (SSSR count). The molecular weight excluding hydrogens is 316 g/mol. The molecule has 0 aliphatic rings. The minimum absolute atomic E-state index is 0.0317. The minimum atomic E-state index is 0.0317. The molecule has 0 aliphatic heterocycles. The van der Waals surface area contributed by atoms with Crippen LogP contribution >= 0.6 is 15.9 Å². The van der Waals surface area contributed by atoms with Crippen LogP contribution < -0.4 is 10.1 Å². The maximum atomic E-state index is 5.45. The molecule has 1 heterocycles. The van der Waals surface area contributed by atoms with Gasteiger partial charge in [0.05, 0.1) is 13.2 Å². The number of rotatable bonds is 5. The van der Waals surface area contributed by atoms with E-state index in [1.54, 1.807) is 13.3 Å². The lowest BCUT2D eigenvalue weighted by Gasteiger charge is -2.22. The Bertz CT molecular complexity index is 586. The molecule has 106 valence electrons. The number of hydrogen-bond acceptors (Lipinski definition) is 3. The summed E-state index contributed by atoms with van der Waals surface area (Å²) >= 11 is 3.51. The topological polar surface area (TPSA) is 34.2 Å². The molecule has 0 radical (unpaired) electrons. The van der Waals surface area contributed by atoms with E-state index in [0.717, 1.165) is 22.5 Å². The summed E-state index contributed by atoms with van der Waals surface area (Å²) in [5.41, 5.74) is 3.35. The lowest BCUT2D eigenvalue weighted by Crippen LogP contribution is -2.24. The normalized spacial score (nSPS) is 12.2. The van der Waals surface area contributed by atoms with E-state index in [2.05, 4.69) is 58.3 Å². The Morgan fingerprint density at radius 1 is 1.35 bits per heavy atom. The van der Waals surface area contributed by atoms with Crippen LogP contribution in [0.4, 0.5) is 0 Å². The van der Waals surface area contributed by atoms with E-state index < -0.39 is 0 Å². The van der Waals surface area contributed by atoms with Gasteiger partial charge in [0, 0.05) is 10.7 Å². The van der Waals surface area contributed by atoms with Gasteiger partial charge in [0.2, 0.25) is 0 Å². The van der Waals surface area contributed by atoms with E-state index in [-0.39, 0.29) is 6.04 Å². The van der Waals surface area contributed by atoms with Crippen molar-refractivity contribution in [2.75, 3.05) is 13.7 Å². The smallest absolute Gasteiger partial charge is 0.142 e. The second kappa shape index (κ2) is 6.86. The number of benzene rings is 1. The van der Waals surface area contributed by atoms with Crippen LogP contribution in [0, 0.1) is 6.92 Å². The number of aromatic nitrogens is 1. The molecular formula is C16H19BrN2O. The van der Waals surface area contributed by atoms with Gasteiger partial charge >= 0.3 is 0 Å². The first-order valence-electron chi connectivity index (χ1n) is 6.65. The first kappa shape index (κ1) is 15.0. The predicted octanol–water partition coefficient (Wildman–Crippen LogP) is 3.86. The maximum Gasteiger partial charge on any atom is 0.142 e. The van der Waals surface area contributed by atoms with Gasteiger partial charge in [-0.15, -0.1) is 0 Å². The average Bonchev–Trinajstić information content (AvgIpc) is 2.45. The Morgan fingerprint density at radius 3 is 2.80 bits per heavy atom. The van der Waals surface area contributed by atoms with Crippen molar-refractivity contribution in [3.63, 3.8) is 0 Å². The Hall–Kier alpha value is -1.39.